The Morgan fingerprint density at radius 3 is 2.35 bits per heavy atom. The molecule has 0 saturated heterocycles. The highest BCUT2D eigenvalue weighted by atomic mass is 19.2. The number of hydrogen-bond acceptors (Lipinski definition) is 1. The highest BCUT2D eigenvalue weighted by Gasteiger charge is 2.17. The van der Waals surface area contributed by atoms with Crippen LogP contribution in [0, 0.1) is 11.6 Å². The summed E-state index contributed by atoms with van der Waals surface area (Å²) in [5.74, 6) is -1.57. The van der Waals surface area contributed by atoms with E-state index in [0.29, 0.717) is 5.56 Å². The summed E-state index contributed by atoms with van der Waals surface area (Å²) < 4.78 is 27.1. The van der Waals surface area contributed by atoms with E-state index in [1.54, 1.807) is 6.07 Å². The summed E-state index contributed by atoms with van der Waals surface area (Å²) in [5, 5.41) is 3.36. The second-order valence-corrected chi connectivity index (χ2v) is 4.90. The van der Waals surface area contributed by atoms with Crippen LogP contribution in [-0.4, -0.2) is 0 Å². The van der Waals surface area contributed by atoms with E-state index >= 15 is 0 Å². The van der Waals surface area contributed by atoms with Gasteiger partial charge in [-0.25, -0.2) is 8.78 Å². The first-order chi connectivity index (χ1) is 9.63. The molecule has 0 spiro atoms. The highest BCUT2D eigenvalue weighted by molar-refractivity contribution is 5.24. The van der Waals surface area contributed by atoms with Crippen LogP contribution in [-0.2, 0) is 0 Å². The van der Waals surface area contributed by atoms with Gasteiger partial charge in [0.1, 0.15) is 0 Å². The largest absolute Gasteiger partial charge is 0.303 e. The van der Waals surface area contributed by atoms with Gasteiger partial charge >= 0.3 is 0 Å². The lowest BCUT2D eigenvalue weighted by atomic mass is 10.0. The molecule has 1 N–H and O–H groups in total. The maximum atomic E-state index is 13.8. The average molecular weight is 275 g/mol. The lowest BCUT2D eigenvalue weighted by molar-refractivity contribution is 0.428. The van der Waals surface area contributed by atoms with Crippen molar-refractivity contribution in [3.63, 3.8) is 0 Å². The van der Waals surface area contributed by atoms with E-state index in [-0.39, 0.29) is 12.1 Å². The van der Waals surface area contributed by atoms with E-state index in [9.17, 15) is 8.78 Å². The average Bonchev–Trinajstić information content (AvgIpc) is 2.48. The molecule has 106 valence electrons. The van der Waals surface area contributed by atoms with Crippen LogP contribution in [0.15, 0.2) is 48.5 Å². The monoisotopic (exact) mass is 275 g/mol. The van der Waals surface area contributed by atoms with Crippen molar-refractivity contribution in [2.24, 2.45) is 0 Å². The molecule has 0 radical (unpaired) electrons. The fourth-order valence-corrected chi connectivity index (χ4v) is 2.38. The zero-order valence-corrected chi connectivity index (χ0v) is 11.7. The van der Waals surface area contributed by atoms with Crippen LogP contribution in [0.5, 0.6) is 0 Å². The molecule has 0 bridgehead atoms. The predicted molar refractivity (Wildman–Crippen MR) is 77.4 cm³/mol. The van der Waals surface area contributed by atoms with Crippen molar-refractivity contribution in [3.8, 4) is 0 Å². The zero-order valence-electron chi connectivity index (χ0n) is 11.7. The quantitative estimate of drug-likeness (QED) is 0.829. The summed E-state index contributed by atoms with van der Waals surface area (Å²) >= 11 is 0. The van der Waals surface area contributed by atoms with Gasteiger partial charge in [-0.3, -0.25) is 0 Å². The molecule has 0 aliphatic heterocycles. The number of halogens is 2. The molecule has 2 unspecified atom stereocenters. The Labute approximate surface area is 118 Å². The normalized spacial score (nSPS) is 14.0. The lowest BCUT2D eigenvalue weighted by Gasteiger charge is -2.23. The smallest absolute Gasteiger partial charge is 0.163 e. The van der Waals surface area contributed by atoms with Gasteiger partial charge in [-0.15, -0.1) is 0 Å². The Morgan fingerprint density at radius 2 is 1.70 bits per heavy atom. The van der Waals surface area contributed by atoms with Crippen LogP contribution in [0.1, 0.15) is 43.5 Å². The van der Waals surface area contributed by atoms with Gasteiger partial charge in [-0.2, -0.15) is 0 Å². The number of hydrogen-bond donors (Lipinski definition) is 1. The SMILES string of the molecule is CCC(NC(C)c1cccc(F)c1F)c1ccccc1. The molecule has 0 amide bonds. The molecule has 0 saturated carbocycles. The molecule has 0 aliphatic rings. The van der Waals surface area contributed by atoms with Crippen LogP contribution in [0.25, 0.3) is 0 Å². The van der Waals surface area contributed by atoms with Crippen molar-refractivity contribution in [3.05, 3.63) is 71.3 Å². The van der Waals surface area contributed by atoms with Crippen LogP contribution < -0.4 is 5.32 Å². The third-order valence-electron chi connectivity index (χ3n) is 3.51. The van der Waals surface area contributed by atoms with Crippen molar-refractivity contribution in [2.75, 3.05) is 0 Å². The maximum Gasteiger partial charge on any atom is 0.163 e. The number of rotatable bonds is 5. The molecule has 20 heavy (non-hydrogen) atoms. The van der Waals surface area contributed by atoms with E-state index in [1.165, 1.54) is 6.07 Å². The van der Waals surface area contributed by atoms with Crippen LogP contribution in [0.4, 0.5) is 8.78 Å². The number of benzene rings is 2. The van der Waals surface area contributed by atoms with Crippen molar-refractivity contribution >= 4 is 0 Å². The predicted octanol–water partition coefficient (Wildman–Crippen LogP) is 4.77. The van der Waals surface area contributed by atoms with Gasteiger partial charge in [0.25, 0.3) is 0 Å². The lowest BCUT2D eigenvalue weighted by Crippen LogP contribution is -2.25. The van der Waals surface area contributed by atoms with Crippen molar-refractivity contribution in [1.82, 2.24) is 5.32 Å². The summed E-state index contributed by atoms with van der Waals surface area (Å²) in [6.07, 6.45) is 0.880. The molecule has 0 heterocycles. The van der Waals surface area contributed by atoms with Gasteiger partial charge in [0.05, 0.1) is 0 Å². The summed E-state index contributed by atoms with van der Waals surface area (Å²) in [4.78, 5) is 0. The minimum atomic E-state index is -0.802. The molecule has 0 fully saturated rings. The molecule has 0 aliphatic carbocycles. The molecule has 2 rings (SSSR count). The van der Waals surface area contributed by atoms with Gasteiger partial charge in [0.15, 0.2) is 11.6 Å². The first-order valence-electron chi connectivity index (χ1n) is 6.88. The Hall–Kier alpha value is -1.74. The summed E-state index contributed by atoms with van der Waals surface area (Å²) in [7, 11) is 0. The fourth-order valence-electron chi connectivity index (χ4n) is 2.38. The Kier molecular flexibility index (Phi) is 4.85. The van der Waals surface area contributed by atoms with Crippen molar-refractivity contribution in [2.45, 2.75) is 32.4 Å². The molecule has 3 heteroatoms. The first-order valence-corrected chi connectivity index (χ1v) is 6.88. The van der Waals surface area contributed by atoms with E-state index in [4.69, 9.17) is 0 Å². The van der Waals surface area contributed by atoms with Crippen molar-refractivity contribution in [1.29, 1.82) is 0 Å². The maximum absolute atomic E-state index is 13.8. The van der Waals surface area contributed by atoms with Crippen molar-refractivity contribution < 1.29 is 8.78 Å². The Bertz CT molecular complexity index is 554. The topological polar surface area (TPSA) is 12.0 Å². The molecule has 0 aromatic heterocycles. The molecular formula is C17H19F2N. The van der Waals surface area contributed by atoms with Gasteiger partial charge < -0.3 is 5.32 Å². The number of nitrogens with one attached hydrogen (secondary N) is 1. The molecule has 2 aromatic rings. The minimum Gasteiger partial charge on any atom is -0.303 e. The Morgan fingerprint density at radius 1 is 1.00 bits per heavy atom. The molecule has 1 nitrogen and oxygen atoms in total. The fraction of sp³-hybridized carbons (Fsp3) is 0.294. The highest BCUT2D eigenvalue weighted by Crippen LogP contribution is 2.24. The Balaban J connectivity index is 2.17. The van der Waals surface area contributed by atoms with E-state index in [2.05, 4.69) is 12.2 Å². The standard InChI is InChI=1S/C17H19F2N/c1-3-16(13-8-5-4-6-9-13)20-12(2)14-10-7-11-15(18)17(14)19/h4-12,16,20H,3H2,1-2H3. The third kappa shape index (κ3) is 3.23. The van der Waals surface area contributed by atoms with Gasteiger partial charge in [-0.05, 0) is 25.0 Å². The van der Waals surface area contributed by atoms with Gasteiger partial charge in [0.2, 0.25) is 0 Å². The van der Waals surface area contributed by atoms with Gasteiger partial charge in [-0.1, -0.05) is 49.4 Å². The molecule has 2 atom stereocenters. The van der Waals surface area contributed by atoms with Crippen LogP contribution >= 0.6 is 0 Å². The summed E-state index contributed by atoms with van der Waals surface area (Å²) in [6.45, 7) is 3.92. The van der Waals surface area contributed by atoms with E-state index in [0.717, 1.165) is 18.1 Å². The summed E-state index contributed by atoms with van der Waals surface area (Å²) in [6, 6.07) is 14.2. The second kappa shape index (κ2) is 6.62. The van der Waals surface area contributed by atoms with Crippen LogP contribution in [0.2, 0.25) is 0 Å². The minimum absolute atomic E-state index is 0.119. The van der Waals surface area contributed by atoms with Crippen LogP contribution in [0.3, 0.4) is 0 Å². The molecule has 2 aromatic carbocycles. The third-order valence-corrected chi connectivity index (χ3v) is 3.51. The van der Waals surface area contributed by atoms with E-state index < -0.39 is 11.6 Å². The first kappa shape index (κ1) is 14.7. The second-order valence-electron chi connectivity index (χ2n) is 4.90. The van der Waals surface area contributed by atoms with E-state index in [1.807, 2.05) is 37.3 Å². The molecular weight excluding hydrogens is 256 g/mol. The summed E-state index contributed by atoms with van der Waals surface area (Å²) in [5.41, 5.74) is 1.51. The van der Waals surface area contributed by atoms with Gasteiger partial charge in [0, 0.05) is 17.6 Å². The zero-order chi connectivity index (χ0) is 14.5.